The maximum absolute atomic E-state index is 12.8. The molecular formula is C17H22FNO3. The molecule has 3 rings (SSSR count). The van der Waals surface area contributed by atoms with Crippen LogP contribution in [0.15, 0.2) is 24.3 Å². The molecule has 1 heterocycles. The van der Waals surface area contributed by atoms with Crippen LogP contribution >= 0.6 is 0 Å². The summed E-state index contributed by atoms with van der Waals surface area (Å²) in [7, 11) is 0. The molecule has 120 valence electrons. The fraction of sp³-hybridized carbons (Fsp3) is 0.588. The number of hydrogen-bond donors (Lipinski definition) is 1. The molecule has 1 spiro atoms. The van der Waals surface area contributed by atoms with Gasteiger partial charge < -0.3 is 14.8 Å². The van der Waals surface area contributed by atoms with Gasteiger partial charge in [-0.25, -0.2) is 4.39 Å². The fourth-order valence-electron chi connectivity index (χ4n) is 3.23. The predicted octanol–water partition coefficient (Wildman–Crippen LogP) is 2.42. The molecule has 5 heteroatoms. The van der Waals surface area contributed by atoms with Gasteiger partial charge in [-0.2, -0.15) is 0 Å². The van der Waals surface area contributed by atoms with E-state index in [4.69, 9.17) is 9.47 Å². The molecule has 0 aromatic heterocycles. The highest BCUT2D eigenvalue weighted by Gasteiger charge is 2.41. The van der Waals surface area contributed by atoms with E-state index in [-0.39, 0.29) is 17.6 Å². The van der Waals surface area contributed by atoms with Crippen LogP contribution in [0.25, 0.3) is 0 Å². The van der Waals surface area contributed by atoms with Crippen LogP contribution < -0.4 is 5.32 Å². The lowest BCUT2D eigenvalue weighted by molar-refractivity contribution is -0.183. The van der Waals surface area contributed by atoms with Crippen LogP contribution in [-0.4, -0.2) is 31.5 Å². The summed E-state index contributed by atoms with van der Waals surface area (Å²) in [6.45, 7) is 1.90. The lowest BCUT2D eigenvalue weighted by Crippen LogP contribution is -2.40. The van der Waals surface area contributed by atoms with E-state index in [1.807, 2.05) is 0 Å². The maximum atomic E-state index is 12.8. The van der Waals surface area contributed by atoms with Gasteiger partial charge in [0.05, 0.1) is 13.2 Å². The van der Waals surface area contributed by atoms with Gasteiger partial charge in [-0.1, -0.05) is 12.1 Å². The second-order valence-corrected chi connectivity index (χ2v) is 6.05. The topological polar surface area (TPSA) is 47.6 Å². The third-order valence-corrected chi connectivity index (χ3v) is 4.56. The van der Waals surface area contributed by atoms with E-state index in [9.17, 15) is 9.18 Å². The Morgan fingerprint density at radius 3 is 2.45 bits per heavy atom. The van der Waals surface area contributed by atoms with Crippen molar-refractivity contribution >= 4 is 5.91 Å². The van der Waals surface area contributed by atoms with E-state index in [2.05, 4.69) is 5.32 Å². The van der Waals surface area contributed by atoms with E-state index < -0.39 is 5.79 Å². The smallest absolute Gasteiger partial charge is 0.223 e. The number of rotatable bonds is 4. The first-order chi connectivity index (χ1) is 10.7. The average molecular weight is 307 g/mol. The molecule has 0 radical (unpaired) electrons. The first-order valence-electron chi connectivity index (χ1n) is 7.97. The van der Waals surface area contributed by atoms with Gasteiger partial charge in [0.25, 0.3) is 0 Å². The van der Waals surface area contributed by atoms with Gasteiger partial charge in [0, 0.05) is 25.3 Å². The van der Waals surface area contributed by atoms with Crippen molar-refractivity contribution < 1.29 is 18.7 Å². The molecule has 0 bridgehead atoms. The van der Waals surface area contributed by atoms with Crippen molar-refractivity contribution in [3.8, 4) is 0 Å². The quantitative estimate of drug-likeness (QED) is 0.929. The summed E-state index contributed by atoms with van der Waals surface area (Å²) >= 11 is 0. The number of amides is 1. The summed E-state index contributed by atoms with van der Waals surface area (Å²) in [5, 5.41) is 2.98. The number of carbonyl (C=O) groups is 1. The van der Waals surface area contributed by atoms with Gasteiger partial charge in [0.2, 0.25) is 5.91 Å². The molecule has 1 saturated heterocycles. The summed E-state index contributed by atoms with van der Waals surface area (Å²) in [6, 6.07) is 6.39. The number of hydrogen-bond acceptors (Lipinski definition) is 3. The number of ether oxygens (including phenoxy) is 2. The molecule has 1 N–H and O–H groups in total. The van der Waals surface area contributed by atoms with E-state index in [0.717, 1.165) is 37.7 Å². The van der Waals surface area contributed by atoms with Gasteiger partial charge in [0.1, 0.15) is 5.82 Å². The highest BCUT2D eigenvalue weighted by molar-refractivity contribution is 5.78. The van der Waals surface area contributed by atoms with E-state index in [0.29, 0.717) is 19.8 Å². The molecule has 1 aliphatic carbocycles. The Bertz CT molecular complexity index is 501. The van der Waals surface area contributed by atoms with Crippen LogP contribution in [0, 0.1) is 11.7 Å². The molecule has 1 amide bonds. The zero-order valence-electron chi connectivity index (χ0n) is 12.6. The summed E-state index contributed by atoms with van der Waals surface area (Å²) in [5.41, 5.74) is 1.03. The zero-order chi connectivity index (χ0) is 15.4. The fourth-order valence-corrected chi connectivity index (χ4v) is 3.23. The third kappa shape index (κ3) is 3.65. The molecule has 1 saturated carbocycles. The summed E-state index contributed by atoms with van der Waals surface area (Å²) in [5.74, 6) is -0.493. The standard InChI is InChI=1S/C17H22FNO3/c18-15-3-1-13(2-4-15)7-10-19-16(20)14-5-8-17(9-6-14)21-11-12-22-17/h1-4,14H,5-12H2,(H,19,20). The van der Waals surface area contributed by atoms with Crippen molar-refractivity contribution in [2.45, 2.75) is 37.9 Å². The normalized spacial score (nSPS) is 21.1. The van der Waals surface area contributed by atoms with Crippen LogP contribution in [0.4, 0.5) is 4.39 Å². The molecule has 1 aromatic carbocycles. The Kier molecular flexibility index (Phi) is 4.74. The largest absolute Gasteiger partial charge is 0.356 e. The molecular weight excluding hydrogens is 285 g/mol. The van der Waals surface area contributed by atoms with Crippen LogP contribution in [0.5, 0.6) is 0 Å². The highest BCUT2D eigenvalue weighted by Crippen LogP contribution is 2.38. The van der Waals surface area contributed by atoms with Gasteiger partial charge in [-0.05, 0) is 37.0 Å². The molecule has 2 aliphatic rings. The minimum Gasteiger partial charge on any atom is -0.356 e. The van der Waals surface area contributed by atoms with Gasteiger partial charge in [0.15, 0.2) is 5.79 Å². The van der Waals surface area contributed by atoms with Gasteiger partial charge in [-0.3, -0.25) is 4.79 Å². The van der Waals surface area contributed by atoms with Crippen molar-refractivity contribution in [1.82, 2.24) is 5.32 Å². The lowest BCUT2D eigenvalue weighted by atomic mass is 9.84. The van der Waals surface area contributed by atoms with Crippen molar-refractivity contribution in [2.75, 3.05) is 19.8 Å². The maximum Gasteiger partial charge on any atom is 0.223 e. The zero-order valence-corrected chi connectivity index (χ0v) is 12.6. The molecule has 4 nitrogen and oxygen atoms in total. The van der Waals surface area contributed by atoms with Crippen molar-refractivity contribution in [2.24, 2.45) is 5.92 Å². The first kappa shape index (κ1) is 15.4. The molecule has 1 aliphatic heterocycles. The Hall–Kier alpha value is -1.46. The summed E-state index contributed by atoms with van der Waals surface area (Å²) in [4.78, 5) is 12.2. The monoisotopic (exact) mass is 307 g/mol. The number of nitrogens with one attached hydrogen (secondary N) is 1. The Labute approximate surface area is 130 Å². The van der Waals surface area contributed by atoms with Crippen molar-refractivity contribution in [3.63, 3.8) is 0 Å². The molecule has 22 heavy (non-hydrogen) atoms. The van der Waals surface area contributed by atoms with Crippen LogP contribution in [0.1, 0.15) is 31.2 Å². The second-order valence-electron chi connectivity index (χ2n) is 6.05. The van der Waals surface area contributed by atoms with Crippen LogP contribution in [0.2, 0.25) is 0 Å². The Balaban J connectivity index is 1.40. The van der Waals surface area contributed by atoms with E-state index in [1.165, 1.54) is 12.1 Å². The summed E-state index contributed by atoms with van der Waals surface area (Å²) < 4.78 is 24.2. The van der Waals surface area contributed by atoms with Crippen molar-refractivity contribution in [3.05, 3.63) is 35.6 Å². The Morgan fingerprint density at radius 1 is 1.18 bits per heavy atom. The lowest BCUT2D eigenvalue weighted by Gasteiger charge is -2.34. The van der Waals surface area contributed by atoms with Gasteiger partial charge >= 0.3 is 0 Å². The number of carbonyl (C=O) groups excluding carboxylic acids is 1. The van der Waals surface area contributed by atoms with E-state index in [1.54, 1.807) is 12.1 Å². The molecule has 0 atom stereocenters. The molecule has 0 unspecified atom stereocenters. The van der Waals surface area contributed by atoms with Crippen LogP contribution in [-0.2, 0) is 20.7 Å². The number of benzene rings is 1. The molecule has 2 fully saturated rings. The van der Waals surface area contributed by atoms with Crippen LogP contribution in [0.3, 0.4) is 0 Å². The first-order valence-corrected chi connectivity index (χ1v) is 7.97. The summed E-state index contributed by atoms with van der Waals surface area (Å²) in [6.07, 6.45) is 3.92. The minimum absolute atomic E-state index is 0.0478. The Morgan fingerprint density at radius 2 is 1.82 bits per heavy atom. The average Bonchev–Trinajstić information content (AvgIpc) is 2.98. The SMILES string of the molecule is O=C(NCCc1ccc(F)cc1)C1CCC2(CC1)OCCO2. The van der Waals surface area contributed by atoms with Gasteiger partial charge in [-0.15, -0.1) is 0 Å². The highest BCUT2D eigenvalue weighted by atomic mass is 19.1. The second kappa shape index (κ2) is 6.75. The molecule has 1 aromatic rings. The number of halogens is 1. The third-order valence-electron chi connectivity index (χ3n) is 4.56. The van der Waals surface area contributed by atoms with Crippen molar-refractivity contribution in [1.29, 1.82) is 0 Å². The minimum atomic E-state index is -0.412. The van der Waals surface area contributed by atoms with E-state index >= 15 is 0 Å². The predicted molar refractivity (Wildman–Crippen MR) is 79.7 cm³/mol.